The van der Waals surface area contributed by atoms with Crippen molar-refractivity contribution in [2.75, 3.05) is 13.2 Å². The number of carbonyl (C=O) groups is 1. The van der Waals surface area contributed by atoms with Gasteiger partial charge in [-0.1, -0.05) is 13.8 Å². The van der Waals surface area contributed by atoms with Crippen LogP contribution < -0.4 is 0 Å². The van der Waals surface area contributed by atoms with E-state index in [0.29, 0.717) is 6.61 Å². The summed E-state index contributed by atoms with van der Waals surface area (Å²) in [6.07, 6.45) is -0.714. The molecule has 0 aromatic heterocycles. The van der Waals surface area contributed by atoms with Gasteiger partial charge in [0.2, 0.25) is 0 Å². The van der Waals surface area contributed by atoms with Crippen molar-refractivity contribution >= 4 is 5.97 Å². The molecule has 0 aromatic carbocycles. The van der Waals surface area contributed by atoms with Crippen LogP contribution in [0.15, 0.2) is 0 Å². The molecule has 0 aliphatic heterocycles. The van der Waals surface area contributed by atoms with Gasteiger partial charge in [-0.2, -0.15) is 0 Å². The Morgan fingerprint density at radius 2 is 2.13 bits per heavy atom. The predicted molar refractivity (Wildman–Crippen MR) is 52.0 cm³/mol. The number of ether oxygens (including phenoxy) is 1. The molecule has 3 atom stereocenters. The highest BCUT2D eigenvalue weighted by Gasteiger charge is 2.66. The second-order valence-corrected chi connectivity index (χ2v) is 4.40. The first kappa shape index (κ1) is 12.4. The highest BCUT2D eigenvalue weighted by Crippen LogP contribution is 2.60. The Hall–Kier alpha value is -0.650. The molecule has 0 heterocycles. The molecule has 0 radical (unpaired) electrons. The van der Waals surface area contributed by atoms with Gasteiger partial charge in [-0.25, -0.2) is 4.89 Å². The van der Waals surface area contributed by atoms with Crippen LogP contribution >= 0.6 is 0 Å². The highest BCUT2D eigenvalue weighted by atomic mass is 17.1. The lowest BCUT2D eigenvalue weighted by molar-refractivity contribution is -0.292. The van der Waals surface area contributed by atoms with E-state index < -0.39 is 6.10 Å². The normalized spacial score (nSPS) is 29.7. The first-order valence-corrected chi connectivity index (χ1v) is 5.08. The number of rotatable bonds is 5. The van der Waals surface area contributed by atoms with E-state index in [2.05, 4.69) is 4.89 Å². The molecule has 3 unspecified atom stereocenters. The number of hydrogen-bond acceptors (Lipinski definition) is 5. The van der Waals surface area contributed by atoms with E-state index in [1.165, 1.54) is 0 Å². The molecule has 1 saturated carbocycles. The molecular formula is C10H18O5. The molecule has 1 aliphatic carbocycles. The van der Waals surface area contributed by atoms with Crippen molar-refractivity contribution in [3.8, 4) is 0 Å². The summed E-state index contributed by atoms with van der Waals surface area (Å²) in [5, 5.41) is 17.5. The van der Waals surface area contributed by atoms with E-state index in [-0.39, 0.29) is 29.8 Å². The standard InChI is InChI=1S/C10H18O5/c1-4-14-9(12)8-7(10(8,2)3)6(5-11)15-13/h6-8,11,13H,4-5H2,1-3H3. The lowest BCUT2D eigenvalue weighted by Crippen LogP contribution is -2.22. The van der Waals surface area contributed by atoms with E-state index in [1.54, 1.807) is 6.92 Å². The van der Waals surface area contributed by atoms with Gasteiger partial charge in [0.1, 0.15) is 6.10 Å². The van der Waals surface area contributed by atoms with Gasteiger partial charge in [0.15, 0.2) is 0 Å². The van der Waals surface area contributed by atoms with Crippen LogP contribution in [0.3, 0.4) is 0 Å². The summed E-state index contributed by atoms with van der Waals surface area (Å²) in [6, 6.07) is 0. The average molecular weight is 218 g/mol. The number of carbonyl (C=O) groups excluding carboxylic acids is 1. The molecular weight excluding hydrogens is 200 g/mol. The summed E-state index contributed by atoms with van der Waals surface area (Å²) in [5.74, 6) is -0.781. The third-order valence-electron chi connectivity index (χ3n) is 3.17. The van der Waals surface area contributed by atoms with E-state index >= 15 is 0 Å². The molecule has 2 N–H and O–H groups in total. The van der Waals surface area contributed by atoms with Crippen molar-refractivity contribution in [2.45, 2.75) is 26.9 Å². The van der Waals surface area contributed by atoms with Gasteiger partial charge in [0, 0.05) is 5.92 Å². The lowest BCUT2D eigenvalue weighted by Gasteiger charge is -2.10. The Labute approximate surface area is 88.9 Å². The fourth-order valence-electron chi connectivity index (χ4n) is 2.27. The fraction of sp³-hybridized carbons (Fsp3) is 0.900. The maximum atomic E-state index is 11.5. The van der Waals surface area contributed by atoms with Crippen molar-refractivity contribution in [1.82, 2.24) is 0 Å². The van der Waals surface area contributed by atoms with Crippen molar-refractivity contribution in [3.63, 3.8) is 0 Å². The highest BCUT2D eigenvalue weighted by molar-refractivity contribution is 5.77. The Morgan fingerprint density at radius 3 is 2.53 bits per heavy atom. The van der Waals surface area contributed by atoms with Crippen LogP contribution in [0.25, 0.3) is 0 Å². The monoisotopic (exact) mass is 218 g/mol. The summed E-state index contributed by atoms with van der Waals surface area (Å²) >= 11 is 0. The zero-order valence-electron chi connectivity index (χ0n) is 9.27. The molecule has 1 fully saturated rings. The van der Waals surface area contributed by atoms with Crippen LogP contribution in [0.5, 0.6) is 0 Å². The molecule has 1 aliphatic rings. The van der Waals surface area contributed by atoms with Crippen LogP contribution in [-0.4, -0.2) is 35.7 Å². The predicted octanol–water partition coefficient (Wildman–Crippen LogP) is 0.672. The Balaban J connectivity index is 2.65. The van der Waals surface area contributed by atoms with Gasteiger partial charge in [0.25, 0.3) is 0 Å². The molecule has 1 rings (SSSR count). The molecule has 5 nitrogen and oxygen atoms in total. The zero-order chi connectivity index (χ0) is 11.6. The summed E-state index contributed by atoms with van der Waals surface area (Å²) in [4.78, 5) is 15.7. The largest absolute Gasteiger partial charge is 0.466 e. The van der Waals surface area contributed by atoms with Crippen molar-refractivity contribution in [3.05, 3.63) is 0 Å². The average Bonchev–Trinajstić information content (AvgIpc) is 2.72. The fourth-order valence-corrected chi connectivity index (χ4v) is 2.27. The van der Waals surface area contributed by atoms with Gasteiger partial charge in [-0.3, -0.25) is 10.1 Å². The number of aliphatic hydroxyl groups excluding tert-OH is 1. The minimum atomic E-state index is -0.714. The minimum absolute atomic E-state index is 0.188. The zero-order valence-corrected chi connectivity index (χ0v) is 9.27. The van der Waals surface area contributed by atoms with Gasteiger partial charge >= 0.3 is 5.97 Å². The summed E-state index contributed by atoms with van der Waals surface area (Å²) in [5.41, 5.74) is -0.289. The topological polar surface area (TPSA) is 76.0 Å². The molecule has 0 amide bonds. The van der Waals surface area contributed by atoms with Crippen LogP contribution in [-0.2, 0) is 14.4 Å². The minimum Gasteiger partial charge on any atom is -0.466 e. The van der Waals surface area contributed by atoms with E-state index in [4.69, 9.17) is 15.1 Å². The summed E-state index contributed by atoms with van der Waals surface area (Å²) in [7, 11) is 0. The van der Waals surface area contributed by atoms with Crippen LogP contribution in [0.2, 0.25) is 0 Å². The summed E-state index contributed by atoms with van der Waals surface area (Å²) in [6.45, 7) is 5.55. The maximum Gasteiger partial charge on any atom is 0.309 e. The van der Waals surface area contributed by atoms with Gasteiger partial charge in [-0.15, -0.1) is 0 Å². The molecule has 15 heavy (non-hydrogen) atoms. The SMILES string of the molecule is CCOC(=O)C1C(C(CO)OO)C1(C)C. The van der Waals surface area contributed by atoms with Gasteiger partial charge in [0.05, 0.1) is 19.1 Å². The first-order chi connectivity index (χ1) is 7.00. The van der Waals surface area contributed by atoms with E-state index in [9.17, 15) is 4.79 Å². The second-order valence-electron chi connectivity index (χ2n) is 4.40. The van der Waals surface area contributed by atoms with E-state index in [0.717, 1.165) is 0 Å². The lowest BCUT2D eigenvalue weighted by atomic mass is 10.1. The molecule has 0 spiro atoms. The van der Waals surface area contributed by atoms with Gasteiger partial charge < -0.3 is 9.84 Å². The van der Waals surface area contributed by atoms with Crippen molar-refractivity contribution in [2.24, 2.45) is 17.3 Å². The third kappa shape index (κ3) is 2.14. The maximum absolute atomic E-state index is 11.5. The smallest absolute Gasteiger partial charge is 0.309 e. The number of esters is 1. The van der Waals surface area contributed by atoms with E-state index in [1.807, 2.05) is 13.8 Å². The van der Waals surface area contributed by atoms with Gasteiger partial charge in [-0.05, 0) is 12.3 Å². The van der Waals surface area contributed by atoms with Crippen LogP contribution in [0.1, 0.15) is 20.8 Å². The molecule has 5 heteroatoms. The van der Waals surface area contributed by atoms with Crippen molar-refractivity contribution in [1.29, 1.82) is 0 Å². The Kier molecular flexibility index (Phi) is 3.70. The quantitative estimate of drug-likeness (QED) is 0.403. The number of hydrogen-bond donors (Lipinski definition) is 2. The first-order valence-electron chi connectivity index (χ1n) is 5.08. The van der Waals surface area contributed by atoms with Crippen LogP contribution in [0.4, 0.5) is 0 Å². The molecule has 0 bridgehead atoms. The molecule has 0 aromatic rings. The van der Waals surface area contributed by atoms with Crippen LogP contribution in [0, 0.1) is 17.3 Å². The molecule has 0 saturated heterocycles. The Morgan fingerprint density at radius 1 is 1.53 bits per heavy atom. The second kappa shape index (κ2) is 4.47. The molecule has 88 valence electrons. The summed E-state index contributed by atoms with van der Waals surface area (Å²) < 4.78 is 4.91. The van der Waals surface area contributed by atoms with Crippen molar-refractivity contribution < 1.29 is 24.8 Å². The Bertz CT molecular complexity index is 234. The number of aliphatic hydroxyl groups is 1. The third-order valence-corrected chi connectivity index (χ3v) is 3.17.